The van der Waals surface area contributed by atoms with Gasteiger partial charge in [-0.2, -0.15) is 9.78 Å². The molecule has 1 amide bonds. The zero-order valence-corrected chi connectivity index (χ0v) is 20.0. The van der Waals surface area contributed by atoms with E-state index in [-0.39, 0.29) is 18.4 Å². The summed E-state index contributed by atoms with van der Waals surface area (Å²) in [5, 5.41) is 16.6. The van der Waals surface area contributed by atoms with Crippen molar-refractivity contribution in [3.05, 3.63) is 47.2 Å². The number of ether oxygens (including phenoxy) is 2. The van der Waals surface area contributed by atoms with Gasteiger partial charge in [0.1, 0.15) is 12.4 Å². The van der Waals surface area contributed by atoms with Crippen LogP contribution in [0.5, 0.6) is 11.5 Å². The molecule has 0 bridgehead atoms. The molecule has 1 saturated heterocycles. The lowest BCUT2D eigenvalue weighted by Crippen LogP contribution is -2.30. The van der Waals surface area contributed by atoms with E-state index in [1.54, 1.807) is 11.8 Å². The quantitative estimate of drug-likeness (QED) is 0.549. The summed E-state index contributed by atoms with van der Waals surface area (Å²) in [7, 11) is 1.58. The Morgan fingerprint density at radius 1 is 1.11 bits per heavy atom. The van der Waals surface area contributed by atoms with Crippen LogP contribution in [0.4, 0.5) is 11.6 Å². The summed E-state index contributed by atoms with van der Waals surface area (Å²) in [6.45, 7) is 4.09. The van der Waals surface area contributed by atoms with Crippen molar-refractivity contribution in [2.24, 2.45) is 0 Å². The number of amides is 1. The van der Waals surface area contributed by atoms with Crippen LogP contribution in [0, 0.1) is 19.3 Å². The molecule has 4 heterocycles. The molecule has 2 aliphatic rings. The summed E-state index contributed by atoms with van der Waals surface area (Å²) in [4.78, 5) is 15.0. The fourth-order valence-electron chi connectivity index (χ4n) is 4.86. The number of aromatic nitrogens is 4. The number of anilines is 2. The van der Waals surface area contributed by atoms with Crippen molar-refractivity contribution in [1.29, 1.82) is 0 Å². The fraction of sp³-hybridized carbons (Fsp3) is 0.385. The Balaban J connectivity index is 1.49. The van der Waals surface area contributed by atoms with Crippen molar-refractivity contribution in [3.63, 3.8) is 0 Å². The minimum atomic E-state index is -0.191. The van der Waals surface area contributed by atoms with Crippen LogP contribution in [0.3, 0.4) is 0 Å². The normalized spacial score (nSPS) is 17.3. The number of rotatable bonds is 6. The van der Waals surface area contributed by atoms with E-state index in [1.165, 1.54) is 19.3 Å². The predicted octanol–water partition coefficient (Wildman–Crippen LogP) is 3.46. The molecule has 1 atom stereocenters. The third kappa shape index (κ3) is 4.39. The van der Waals surface area contributed by atoms with Gasteiger partial charge in [0, 0.05) is 31.0 Å². The fourth-order valence-corrected chi connectivity index (χ4v) is 4.86. The number of benzene rings is 1. The van der Waals surface area contributed by atoms with Gasteiger partial charge in [0.15, 0.2) is 23.1 Å². The first-order chi connectivity index (χ1) is 17.1. The number of carbonyl (C=O) groups excluding carboxylic acids is 1. The highest BCUT2D eigenvalue weighted by molar-refractivity contribution is 5.95. The second kappa shape index (κ2) is 9.66. The van der Waals surface area contributed by atoms with Gasteiger partial charge in [-0.1, -0.05) is 12.0 Å². The number of aryl methyl sites for hydroxylation is 1. The van der Waals surface area contributed by atoms with Gasteiger partial charge in [-0.15, -0.1) is 16.6 Å². The lowest BCUT2D eigenvalue weighted by Gasteiger charge is -2.27. The van der Waals surface area contributed by atoms with E-state index in [0.717, 1.165) is 35.7 Å². The summed E-state index contributed by atoms with van der Waals surface area (Å²) in [5.41, 5.74) is 2.70. The number of terminal acetylenes is 1. The van der Waals surface area contributed by atoms with Gasteiger partial charge >= 0.3 is 0 Å². The molecule has 0 unspecified atom stereocenters. The molecule has 2 aromatic heterocycles. The minimum Gasteiger partial charge on any atom is -0.493 e. The second-order valence-corrected chi connectivity index (χ2v) is 8.76. The van der Waals surface area contributed by atoms with Gasteiger partial charge in [-0.05, 0) is 56.0 Å². The van der Waals surface area contributed by atoms with Gasteiger partial charge in [0.05, 0.1) is 12.8 Å². The number of piperidine rings is 1. The van der Waals surface area contributed by atoms with Crippen molar-refractivity contribution in [2.45, 2.75) is 38.5 Å². The van der Waals surface area contributed by atoms with Crippen molar-refractivity contribution in [3.8, 4) is 29.7 Å². The Bertz CT molecular complexity index is 1270. The summed E-state index contributed by atoms with van der Waals surface area (Å²) in [5.74, 6) is 5.35. The maximum absolute atomic E-state index is 12.8. The number of nitrogens with one attached hydrogen (secondary N) is 1. The molecule has 180 valence electrons. The minimum absolute atomic E-state index is 0.0897. The number of hydrogen-bond acceptors (Lipinski definition) is 7. The molecule has 5 rings (SSSR count). The van der Waals surface area contributed by atoms with Crippen LogP contribution in [0.2, 0.25) is 0 Å². The average Bonchev–Trinajstić information content (AvgIpc) is 3.23. The molecule has 35 heavy (non-hydrogen) atoms. The van der Waals surface area contributed by atoms with E-state index >= 15 is 0 Å². The van der Waals surface area contributed by atoms with Crippen LogP contribution in [0.25, 0.3) is 5.82 Å². The van der Waals surface area contributed by atoms with E-state index in [4.69, 9.17) is 21.0 Å². The molecule has 0 aliphatic carbocycles. The maximum Gasteiger partial charge on any atom is 0.226 e. The van der Waals surface area contributed by atoms with E-state index in [0.29, 0.717) is 29.6 Å². The Labute approximate surface area is 204 Å². The van der Waals surface area contributed by atoms with Crippen LogP contribution in [-0.2, 0) is 4.79 Å². The van der Waals surface area contributed by atoms with Gasteiger partial charge in [-0.25, -0.2) is 0 Å². The third-order valence-corrected chi connectivity index (χ3v) is 6.54. The zero-order chi connectivity index (χ0) is 24.4. The second-order valence-electron chi connectivity index (χ2n) is 8.76. The Morgan fingerprint density at radius 3 is 2.60 bits per heavy atom. The summed E-state index contributed by atoms with van der Waals surface area (Å²) in [6.07, 6.45) is 9.21. The maximum atomic E-state index is 12.8. The lowest BCUT2D eigenvalue weighted by atomic mass is 9.85. The first-order valence-electron chi connectivity index (χ1n) is 11.8. The monoisotopic (exact) mass is 472 g/mol. The van der Waals surface area contributed by atoms with Crippen molar-refractivity contribution < 1.29 is 14.3 Å². The van der Waals surface area contributed by atoms with Crippen LogP contribution in [0.1, 0.15) is 48.4 Å². The van der Waals surface area contributed by atoms with Crippen molar-refractivity contribution in [1.82, 2.24) is 20.0 Å². The Hall–Kier alpha value is -4.06. The SMILES string of the molecule is C#CCOc1ccc([C@H]2CC(=O)Nc3c2c(C)nn3-c2ccc(N3CCCCC3)nn2)cc1OC. The Kier molecular flexibility index (Phi) is 6.27. The smallest absolute Gasteiger partial charge is 0.226 e. The van der Waals surface area contributed by atoms with Crippen LogP contribution in [0.15, 0.2) is 30.3 Å². The average molecular weight is 473 g/mol. The van der Waals surface area contributed by atoms with Gasteiger partial charge in [0.2, 0.25) is 5.91 Å². The highest BCUT2D eigenvalue weighted by atomic mass is 16.5. The van der Waals surface area contributed by atoms with Gasteiger partial charge < -0.3 is 19.7 Å². The summed E-state index contributed by atoms with van der Waals surface area (Å²) in [6, 6.07) is 9.52. The largest absolute Gasteiger partial charge is 0.493 e. The first kappa shape index (κ1) is 22.7. The molecule has 0 radical (unpaired) electrons. The van der Waals surface area contributed by atoms with E-state index in [9.17, 15) is 4.79 Å². The number of carbonyl (C=O) groups is 1. The molecule has 0 spiro atoms. The molecule has 9 nitrogen and oxygen atoms in total. The molecule has 9 heteroatoms. The number of fused-ring (bicyclic) bond motifs is 1. The number of hydrogen-bond donors (Lipinski definition) is 1. The standard InChI is InChI=1S/C26H28N6O3/c1-4-14-35-20-9-8-18(15-21(20)34-3)19-16-24(33)27-26-25(19)17(2)30-32(26)23-11-10-22(28-29-23)31-12-6-5-7-13-31/h1,8-11,15,19H,5-7,12-14,16H2,2-3H3,(H,27,33)/t19-/m1/s1. The topological polar surface area (TPSA) is 94.4 Å². The molecule has 1 fully saturated rings. The van der Waals surface area contributed by atoms with E-state index in [1.807, 2.05) is 37.3 Å². The number of nitrogens with zero attached hydrogens (tertiary/aromatic N) is 5. The van der Waals surface area contributed by atoms with Gasteiger partial charge in [-0.3, -0.25) is 4.79 Å². The lowest BCUT2D eigenvalue weighted by molar-refractivity contribution is -0.116. The number of methoxy groups -OCH3 is 1. The predicted molar refractivity (Wildman–Crippen MR) is 132 cm³/mol. The Morgan fingerprint density at radius 2 is 1.89 bits per heavy atom. The van der Waals surface area contributed by atoms with Crippen LogP contribution >= 0.6 is 0 Å². The molecular weight excluding hydrogens is 444 g/mol. The molecule has 2 aliphatic heterocycles. The summed E-state index contributed by atoms with van der Waals surface area (Å²) >= 11 is 0. The molecule has 0 saturated carbocycles. The van der Waals surface area contributed by atoms with Crippen molar-refractivity contribution in [2.75, 3.05) is 37.0 Å². The molecular formula is C26H28N6O3. The first-order valence-corrected chi connectivity index (χ1v) is 11.8. The van der Waals surface area contributed by atoms with Crippen LogP contribution < -0.4 is 19.7 Å². The van der Waals surface area contributed by atoms with Crippen LogP contribution in [-0.4, -0.2) is 52.7 Å². The molecule has 1 aromatic carbocycles. The van der Waals surface area contributed by atoms with Crippen molar-refractivity contribution >= 4 is 17.5 Å². The third-order valence-electron chi connectivity index (χ3n) is 6.54. The van der Waals surface area contributed by atoms with E-state index in [2.05, 4.69) is 26.3 Å². The zero-order valence-electron chi connectivity index (χ0n) is 20.0. The highest BCUT2D eigenvalue weighted by Gasteiger charge is 2.33. The molecule has 1 N–H and O–H groups in total. The molecule has 3 aromatic rings. The van der Waals surface area contributed by atoms with E-state index < -0.39 is 0 Å². The summed E-state index contributed by atoms with van der Waals surface area (Å²) < 4.78 is 12.8. The highest BCUT2D eigenvalue weighted by Crippen LogP contribution is 2.42. The van der Waals surface area contributed by atoms with Gasteiger partial charge in [0.25, 0.3) is 0 Å².